The number of fused-ring (bicyclic) bond motifs is 1. The van der Waals surface area contributed by atoms with E-state index >= 15 is 0 Å². The number of hydrogen-bond donors (Lipinski definition) is 1. The van der Waals surface area contributed by atoms with Crippen molar-refractivity contribution < 1.29 is 18.3 Å². The lowest BCUT2D eigenvalue weighted by Crippen LogP contribution is -2.26. The molecule has 2 heterocycles. The molecule has 2 aromatic heterocycles. The Morgan fingerprint density at radius 3 is 2.72 bits per heavy atom. The van der Waals surface area contributed by atoms with Crippen LogP contribution in [0.4, 0.5) is 8.78 Å². The van der Waals surface area contributed by atoms with E-state index in [1.54, 1.807) is 19.1 Å². The SMILES string of the molecule is Cc1nc(C2CC2)nc2sc(C(=O)NC(C)c3cccc(OC(F)F)c3)c(C)c12. The molecular weight excluding hydrogens is 396 g/mol. The smallest absolute Gasteiger partial charge is 0.387 e. The quantitative estimate of drug-likeness (QED) is 0.593. The van der Waals surface area contributed by atoms with Gasteiger partial charge in [-0.05, 0) is 56.9 Å². The van der Waals surface area contributed by atoms with Crippen molar-refractivity contribution >= 4 is 27.5 Å². The summed E-state index contributed by atoms with van der Waals surface area (Å²) in [5, 5.41) is 3.88. The predicted molar refractivity (Wildman–Crippen MR) is 108 cm³/mol. The molecule has 1 aliphatic rings. The molecule has 152 valence electrons. The van der Waals surface area contributed by atoms with Crippen molar-refractivity contribution in [3.05, 3.63) is 51.8 Å². The number of ether oxygens (including phenoxy) is 1. The number of benzene rings is 1. The molecule has 4 rings (SSSR count). The van der Waals surface area contributed by atoms with Crippen LogP contribution in [0.3, 0.4) is 0 Å². The summed E-state index contributed by atoms with van der Waals surface area (Å²) >= 11 is 1.37. The summed E-state index contributed by atoms with van der Waals surface area (Å²) in [5.41, 5.74) is 2.45. The molecule has 5 nitrogen and oxygen atoms in total. The van der Waals surface area contributed by atoms with Gasteiger partial charge in [-0.15, -0.1) is 11.3 Å². The third-order valence-corrected chi connectivity index (χ3v) is 6.25. The van der Waals surface area contributed by atoms with E-state index in [0.29, 0.717) is 16.4 Å². The second kappa shape index (κ2) is 7.67. The molecular formula is C21H21F2N3O2S. The van der Waals surface area contributed by atoms with Crippen LogP contribution < -0.4 is 10.1 Å². The number of amides is 1. The Morgan fingerprint density at radius 1 is 1.28 bits per heavy atom. The van der Waals surface area contributed by atoms with Crippen LogP contribution in [0.2, 0.25) is 0 Å². The lowest BCUT2D eigenvalue weighted by molar-refractivity contribution is -0.0499. The summed E-state index contributed by atoms with van der Waals surface area (Å²) in [6, 6.07) is 5.98. The molecule has 1 saturated carbocycles. The first-order valence-corrected chi connectivity index (χ1v) is 10.3. The Morgan fingerprint density at radius 2 is 2.03 bits per heavy atom. The third kappa shape index (κ3) is 4.07. The van der Waals surface area contributed by atoms with E-state index in [-0.39, 0.29) is 17.7 Å². The summed E-state index contributed by atoms with van der Waals surface area (Å²) < 4.78 is 29.3. The zero-order chi connectivity index (χ0) is 20.7. The third-order valence-electron chi connectivity index (χ3n) is 5.07. The van der Waals surface area contributed by atoms with E-state index < -0.39 is 6.61 Å². The molecule has 1 atom stereocenters. The van der Waals surface area contributed by atoms with Gasteiger partial charge in [-0.2, -0.15) is 8.78 Å². The Kier molecular flexibility index (Phi) is 5.21. The molecule has 0 bridgehead atoms. The molecule has 0 spiro atoms. The van der Waals surface area contributed by atoms with Crippen LogP contribution in [0.5, 0.6) is 5.75 Å². The standard InChI is InChI=1S/C21H21F2N3O2S/c1-10-16-12(3)24-18(13-7-8-13)26-20(16)29-17(10)19(27)25-11(2)14-5-4-6-15(9-14)28-21(22)23/h4-6,9,11,13,21H,7-8H2,1-3H3,(H,25,27). The highest BCUT2D eigenvalue weighted by atomic mass is 32.1. The van der Waals surface area contributed by atoms with Crippen molar-refractivity contribution in [2.75, 3.05) is 0 Å². The summed E-state index contributed by atoms with van der Waals surface area (Å²) in [6.45, 7) is 2.77. The van der Waals surface area contributed by atoms with Gasteiger partial charge in [0.15, 0.2) is 0 Å². The van der Waals surface area contributed by atoms with Crippen molar-refractivity contribution in [2.24, 2.45) is 0 Å². The Bertz CT molecular complexity index is 1080. The van der Waals surface area contributed by atoms with Crippen molar-refractivity contribution in [3.63, 3.8) is 0 Å². The number of hydrogen-bond acceptors (Lipinski definition) is 5. The van der Waals surface area contributed by atoms with Crippen LogP contribution in [0, 0.1) is 13.8 Å². The Labute approximate surface area is 171 Å². The van der Waals surface area contributed by atoms with E-state index in [4.69, 9.17) is 0 Å². The summed E-state index contributed by atoms with van der Waals surface area (Å²) in [6.07, 6.45) is 2.24. The molecule has 1 unspecified atom stereocenters. The van der Waals surface area contributed by atoms with Crippen molar-refractivity contribution in [3.8, 4) is 5.75 Å². The molecule has 1 aliphatic carbocycles. The van der Waals surface area contributed by atoms with Crippen molar-refractivity contribution in [2.45, 2.75) is 52.2 Å². The predicted octanol–water partition coefficient (Wildman–Crippen LogP) is 5.28. The van der Waals surface area contributed by atoms with Crippen LogP contribution in [-0.2, 0) is 0 Å². The van der Waals surface area contributed by atoms with Gasteiger partial charge in [-0.1, -0.05) is 12.1 Å². The molecule has 29 heavy (non-hydrogen) atoms. The van der Waals surface area contributed by atoms with E-state index in [0.717, 1.165) is 40.1 Å². The fraction of sp³-hybridized carbons (Fsp3) is 0.381. The first-order valence-electron chi connectivity index (χ1n) is 9.46. The number of aromatic nitrogens is 2. The van der Waals surface area contributed by atoms with Gasteiger partial charge in [0.25, 0.3) is 5.91 Å². The van der Waals surface area contributed by atoms with Gasteiger partial charge >= 0.3 is 6.61 Å². The van der Waals surface area contributed by atoms with Gasteiger partial charge < -0.3 is 10.1 Å². The first kappa shape index (κ1) is 19.7. The van der Waals surface area contributed by atoms with Gasteiger partial charge in [0.05, 0.1) is 16.6 Å². The number of halogens is 2. The molecule has 1 fully saturated rings. The molecule has 1 N–H and O–H groups in total. The van der Waals surface area contributed by atoms with Gasteiger partial charge in [-0.25, -0.2) is 9.97 Å². The second-order valence-corrected chi connectivity index (χ2v) is 8.32. The van der Waals surface area contributed by atoms with Gasteiger partial charge in [0.2, 0.25) is 0 Å². The van der Waals surface area contributed by atoms with Crippen LogP contribution in [0.1, 0.15) is 64.0 Å². The zero-order valence-electron chi connectivity index (χ0n) is 16.3. The molecule has 8 heteroatoms. The molecule has 1 amide bonds. The molecule has 1 aromatic carbocycles. The number of carbonyl (C=O) groups is 1. The number of aryl methyl sites for hydroxylation is 2. The number of carbonyl (C=O) groups excluding carboxylic acids is 1. The number of nitrogens with one attached hydrogen (secondary N) is 1. The molecule has 0 aliphatic heterocycles. The maximum atomic E-state index is 12.9. The zero-order valence-corrected chi connectivity index (χ0v) is 17.1. The highest BCUT2D eigenvalue weighted by Gasteiger charge is 2.28. The summed E-state index contributed by atoms with van der Waals surface area (Å²) in [4.78, 5) is 23.7. The lowest BCUT2D eigenvalue weighted by atomic mass is 10.1. The normalized spacial score (nSPS) is 15.0. The maximum Gasteiger partial charge on any atom is 0.387 e. The first-order chi connectivity index (χ1) is 13.8. The lowest BCUT2D eigenvalue weighted by Gasteiger charge is -2.15. The van der Waals surface area contributed by atoms with Gasteiger partial charge in [-0.3, -0.25) is 4.79 Å². The Hall–Kier alpha value is -2.61. The topological polar surface area (TPSA) is 64.1 Å². The highest BCUT2D eigenvalue weighted by Crippen LogP contribution is 2.40. The monoisotopic (exact) mass is 417 g/mol. The van der Waals surface area contributed by atoms with E-state index in [2.05, 4.69) is 20.0 Å². The number of nitrogens with zero attached hydrogens (tertiary/aromatic N) is 2. The fourth-order valence-corrected chi connectivity index (χ4v) is 4.55. The number of alkyl halides is 2. The minimum absolute atomic E-state index is 0.0650. The van der Waals surface area contributed by atoms with Crippen molar-refractivity contribution in [1.82, 2.24) is 15.3 Å². The second-order valence-electron chi connectivity index (χ2n) is 7.32. The highest BCUT2D eigenvalue weighted by molar-refractivity contribution is 7.20. The fourth-order valence-electron chi connectivity index (χ4n) is 3.41. The largest absolute Gasteiger partial charge is 0.435 e. The van der Waals surface area contributed by atoms with Crippen LogP contribution in [0.25, 0.3) is 10.2 Å². The van der Waals surface area contributed by atoms with E-state index in [1.165, 1.54) is 23.5 Å². The minimum atomic E-state index is -2.89. The van der Waals surface area contributed by atoms with Crippen LogP contribution in [-0.4, -0.2) is 22.5 Å². The van der Waals surface area contributed by atoms with Crippen molar-refractivity contribution in [1.29, 1.82) is 0 Å². The molecule has 0 saturated heterocycles. The summed E-state index contributed by atoms with van der Waals surface area (Å²) in [7, 11) is 0. The molecule has 3 aromatic rings. The van der Waals surface area contributed by atoms with Crippen LogP contribution >= 0.6 is 11.3 Å². The van der Waals surface area contributed by atoms with Gasteiger partial charge in [0, 0.05) is 11.3 Å². The van der Waals surface area contributed by atoms with Crippen LogP contribution in [0.15, 0.2) is 24.3 Å². The minimum Gasteiger partial charge on any atom is -0.435 e. The molecule has 0 radical (unpaired) electrons. The average Bonchev–Trinajstić information content (AvgIpc) is 3.45. The number of rotatable bonds is 6. The number of thiophene rings is 1. The van der Waals surface area contributed by atoms with E-state index in [9.17, 15) is 13.6 Å². The maximum absolute atomic E-state index is 12.9. The average molecular weight is 417 g/mol. The summed E-state index contributed by atoms with van der Waals surface area (Å²) in [5.74, 6) is 1.16. The Balaban J connectivity index is 1.57. The van der Waals surface area contributed by atoms with Gasteiger partial charge in [0.1, 0.15) is 16.4 Å². The van der Waals surface area contributed by atoms with E-state index in [1.807, 2.05) is 13.8 Å².